The quantitative estimate of drug-likeness (QED) is 0.682. The zero-order valence-corrected chi connectivity index (χ0v) is 9.37. The number of alkyl halides is 1. The first kappa shape index (κ1) is 10.4. The molecule has 4 heteroatoms. The van der Waals surface area contributed by atoms with Gasteiger partial charge >= 0.3 is 0 Å². The van der Waals surface area contributed by atoms with Crippen LogP contribution in [0.4, 0.5) is 0 Å². The van der Waals surface area contributed by atoms with Gasteiger partial charge in [-0.25, -0.2) is 4.98 Å². The van der Waals surface area contributed by atoms with Crippen molar-refractivity contribution in [2.45, 2.75) is 18.7 Å². The summed E-state index contributed by atoms with van der Waals surface area (Å²) in [5, 5.41) is 0.0961. The molecule has 15 heavy (non-hydrogen) atoms. The molecule has 1 atom stereocenters. The van der Waals surface area contributed by atoms with Crippen molar-refractivity contribution < 1.29 is 4.79 Å². The third-order valence-electron chi connectivity index (χ3n) is 2.53. The molecule has 1 amide bonds. The Bertz CT molecular complexity index is 381. The van der Waals surface area contributed by atoms with E-state index in [2.05, 4.69) is 4.98 Å². The van der Waals surface area contributed by atoms with Crippen LogP contribution in [-0.4, -0.2) is 34.3 Å². The van der Waals surface area contributed by atoms with E-state index in [1.807, 2.05) is 19.1 Å². The van der Waals surface area contributed by atoms with Gasteiger partial charge in [0.25, 0.3) is 5.91 Å². The Hall–Kier alpha value is -1.09. The van der Waals surface area contributed by atoms with E-state index in [1.54, 1.807) is 11.0 Å². The van der Waals surface area contributed by atoms with Gasteiger partial charge in [0, 0.05) is 18.8 Å². The molecule has 1 aromatic heterocycles. The molecular weight excluding hydrogens is 212 g/mol. The molecular formula is C11H13ClN2O. The fraction of sp³-hybridized carbons (Fsp3) is 0.455. The molecule has 2 rings (SSSR count). The molecule has 0 N–H and O–H groups in total. The molecule has 1 aliphatic rings. The summed E-state index contributed by atoms with van der Waals surface area (Å²) in [7, 11) is 0. The Kier molecular flexibility index (Phi) is 2.91. The van der Waals surface area contributed by atoms with E-state index in [4.69, 9.17) is 11.6 Å². The molecule has 3 nitrogen and oxygen atoms in total. The molecule has 80 valence electrons. The number of halogens is 1. The number of carbonyl (C=O) groups is 1. The van der Waals surface area contributed by atoms with Crippen LogP contribution in [0.15, 0.2) is 18.2 Å². The number of pyridine rings is 1. The summed E-state index contributed by atoms with van der Waals surface area (Å²) in [6.45, 7) is 3.25. The lowest BCUT2D eigenvalue weighted by atomic mass is 10.3. The number of rotatable bonds is 1. The summed E-state index contributed by atoms with van der Waals surface area (Å²) in [4.78, 5) is 17.9. The van der Waals surface area contributed by atoms with Gasteiger partial charge in [-0.1, -0.05) is 6.07 Å². The van der Waals surface area contributed by atoms with Crippen LogP contribution in [0.1, 0.15) is 22.6 Å². The molecule has 1 saturated heterocycles. The fourth-order valence-corrected chi connectivity index (χ4v) is 1.99. The Morgan fingerprint density at radius 3 is 3.00 bits per heavy atom. The third kappa shape index (κ3) is 2.29. The van der Waals surface area contributed by atoms with Gasteiger partial charge in [0.2, 0.25) is 0 Å². The minimum Gasteiger partial charge on any atom is -0.336 e. The largest absolute Gasteiger partial charge is 0.336 e. The van der Waals surface area contributed by atoms with Crippen LogP contribution >= 0.6 is 11.6 Å². The SMILES string of the molecule is Cc1cccc(C(=O)N2CCC(Cl)C2)n1. The number of hydrogen-bond acceptors (Lipinski definition) is 2. The van der Waals surface area contributed by atoms with Crippen LogP contribution < -0.4 is 0 Å². The van der Waals surface area contributed by atoms with Gasteiger partial charge in [-0.15, -0.1) is 11.6 Å². The van der Waals surface area contributed by atoms with E-state index >= 15 is 0 Å². The van der Waals surface area contributed by atoms with Crippen molar-refractivity contribution in [3.63, 3.8) is 0 Å². The zero-order chi connectivity index (χ0) is 10.8. The standard InChI is InChI=1S/C11H13ClN2O/c1-8-3-2-4-10(13-8)11(15)14-6-5-9(12)7-14/h2-4,9H,5-7H2,1H3. The maximum atomic E-state index is 11.9. The number of amides is 1. The van der Waals surface area contributed by atoms with Crippen LogP contribution in [-0.2, 0) is 0 Å². The first-order valence-electron chi connectivity index (χ1n) is 5.04. The van der Waals surface area contributed by atoms with Gasteiger partial charge in [-0.05, 0) is 25.5 Å². The maximum Gasteiger partial charge on any atom is 0.272 e. The summed E-state index contributed by atoms with van der Waals surface area (Å²) >= 11 is 5.96. The molecule has 0 saturated carbocycles. The lowest BCUT2D eigenvalue weighted by molar-refractivity contribution is 0.0787. The van der Waals surface area contributed by atoms with E-state index in [0.29, 0.717) is 12.2 Å². The number of aromatic nitrogens is 1. The number of likely N-dealkylation sites (tertiary alicyclic amines) is 1. The molecule has 0 spiro atoms. The smallest absolute Gasteiger partial charge is 0.272 e. The summed E-state index contributed by atoms with van der Waals surface area (Å²) in [6, 6.07) is 5.48. The van der Waals surface area contributed by atoms with Crippen molar-refractivity contribution in [1.29, 1.82) is 0 Å². The third-order valence-corrected chi connectivity index (χ3v) is 2.88. The molecule has 0 bridgehead atoms. The van der Waals surface area contributed by atoms with E-state index in [0.717, 1.165) is 18.7 Å². The molecule has 1 fully saturated rings. The topological polar surface area (TPSA) is 33.2 Å². The zero-order valence-electron chi connectivity index (χ0n) is 8.61. The second kappa shape index (κ2) is 4.19. The van der Waals surface area contributed by atoms with Crippen LogP contribution in [0, 0.1) is 6.92 Å². The Morgan fingerprint density at radius 2 is 2.40 bits per heavy atom. The van der Waals surface area contributed by atoms with E-state index in [9.17, 15) is 4.79 Å². The first-order valence-corrected chi connectivity index (χ1v) is 5.47. The van der Waals surface area contributed by atoms with Crippen molar-refractivity contribution in [3.8, 4) is 0 Å². The molecule has 0 aromatic carbocycles. The van der Waals surface area contributed by atoms with Gasteiger partial charge < -0.3 is 4.90 Å². The van der Waals surface area contributed by atoms with E-state index in [1.165, 1.54) is 0 Å². The van der Waals surface area contributed by atoms with Crippen LogP contribution in [0.5, 0.6) is 0 Å². The summed E-state index contributed by atoms with van der Waals surface area (Å²) in [5.74, 6) is -0.0122. The van der Waals surface area contributed by atoms with E-state index < -0.39 is 0 Å². The van der Waals surface area contributed by atoms with Gasteiger partial charge in [0.15, 0.2) is 0 Å². The van der Waals surface area contributed by atoms with Crippen molar-refractivity contribution >= 4 is 17.5 Å². The molecule has 1 aromatic rings. The minimum absolute atomic E-state index is 0.0122. The highest BCUT2D eigenvalue weighted by Gasteiger charge is 2.25. The van der Waals surface area contributed by atoms with Crippen molar-refractivity contribution in [1.82, 2.24) is 9.88 Å². The van der Waals surface area contributed by atoms with Crippen molar-refractivity contribution in [2.24, 2.45) is 0 Å². The maximum absolute atomic E-state index is 11.9. The monoisotopic (exact) mass is 224 g/mol. The number of nitrogens with zero attached hydrogens (tertiary/aromatic N) is 2. The minimum atomic E-state index is -0.0122. The van der Waals surface area contributed by atoms with Gasteiger partial charge in [0.1, 0.15) is 5.69 Å². The van der Waals surface area contributed by atoms with Crippen LogP contribution in [0.25, 0.3) is 0 Å². The van der Waals surface area contributed by atoms with Crippen LogP contribution in [0.3, 0.4) is 0 Å². The Balaban J connectivity index is 2.14. The Labute approximate surface area is 94.1 Å². The molecule has 0 radical (unpaired) electrons. The van der Waals surface area contributed by atoms with Crippen LogP contribution in [0.2, 0.25) is 0 Å². The number of carbonyl (C=O) groups excluding carboxylic acids is 1. The fourth-order valence-electron chi connectivity index (χ4n) is 1.73. The predicted octanol–water partition coefficient (Wildman–Crippen LogP) is 1.84. The van der Waals surface area contributed by atoms with Gasteiger partial charge in [-0.3, -0.25) is 4.79 Å². The highest BCUT2D eigenvalue weighted by molar-refractivity contribution is 6.21. The lowest BCUT2D eigenvalue weighted by Gasteiger charge is -2.14. The van der Waals surface area contributed by atoms with Crippen molar-refractivity contribution in [2.75, 3.05) is 13.1 Å². The van der Waals surface area contributed by atoms with E-state index in [-0.39, 0.29) is 11.3 Å². The second-order valence-electron chi connectivity index (χ2n) is 3.80. The highest BCUT2D eigenvalue weighted by atomic mass is 35.5. The summed E-state index contributed by atoms with van der Waals surface area (Å²) in [6.07, 6.45) is 0.874. The lowest BCUT2D eigenvalue weighted by Crippen LogP contribution is -2.29. The summed E-state index contributed by atoms with van der Waals surface area (Å²) in [5.41, 5.74) is 1.38. The van der Waals surface area contributed by atoms with Gasteiger partial charge in [0.05, 0.1) is 5.38 Å². The average Bonchev–Trinajstić information content (AvgIpc) is 2.64. The van der Waals surface area contributed by atoms with Gasteiger partial charge in [-0.2, -0.15) is 0 Å². The molecule has 1 unspecified atom stereocenters. The average molecular weight is 225 g/mol. The highest BCUT2D eigenvalue weighted by Crippen LogP contribution is 2.16. The Morgan fingerprint density at radius 1 is 1.60 bits per heavy atom. The molecule has 2 heterocycles. The predicted molar refractivity (Wildman–Crippen MR) is 59.1 cm³/mol. The second-order valence-corrected chi connectivity index (χ2v) is 4.42. The number of hydrogen-bond donors (Lipinski definition) is 0. The summed E-state index contributed by atoms with van der Waals surface area (Å²) < 4.78 is 0. The molecule has 1 aliphatic heterocycles. The number of aryl methyl sites for hydroxylation is 1. The normalized spacial score (nSPS) is 20.7. The van der Waals surface area contributed by atoms with Crippen molar-refractivity contribution in [3.05, 3.63) is 29.6 Å². The molecule has 0 aliphatic carbocycles. The first-order chi connectivity index (χ1) is 7.16.